The van der Waals surface area contributed by atoms with Crippen molar-refractivity contribution in [3.63, 3.8) is 0 Å². The van der Waals surface area contributed by atoms with Crippen LogP contribution in [0.4, 0.5) is 11.6 Å². The summed E-state index contributed by atoms with van der Waals surface area (Å²) < 4.78 is 0. The number of anilines is 2. The Hall–Kier alpha value is -3.02. The van der Waals surface area contributed by atoms with Gasteiger partial charge in [-0.15, -0.1) is 0 Å². The molecule has 1 aliphatic heterocycles. The fraction of sp³-hybridized carbons (Fsp3) is 0.263. The first-order chi connectivity index (χ1) is 12.3. The van der Waals surface area contributed by atoms with Gasteiger partial charge in [-0.3, -0.25) is 4.98 Å². The summed E-state index contributed by atoms with van der Waals surface area (Å²) in [5, 5.41) is 3.40. The molecule has 1 atom stereocenters. The van der Waals surface area contributed by atoms with Crippen molar-refractivity contribution < 1.29 is 0 Å². The highest BCUT2D eigenvalue weighted by Gasteiger charge is 2.32. The van der Waals surface area contributed by atoms with E-state index in [1.807, 2.05) is 31.2 Å². The molecule has 126 valence electrons. The number of aryl methyl sites for hydroxylation is 1. The van der Waals surface area contributed by atoms with Crippen LogP contribution in [0.1, 0.15) is 29.5 Å². The maximum absolute atomic E-state index is 4.65. The van der Waals surface area contributed by atoms with Crippen LogP contribution in [0.5, 0.6) is 0 Å². The molecule has 1 saturated heterocycles. The van der Waals surface area contributed by atoms with E-state index in [0.717, 1.165) is 42.7 Å². The fourth-order valence-corrected chi connectivity index (χ4v) is 3.05. The van der Waals surface area contributed by atoms with Gasteiger partial charge >= 0.3 is 0 Å². The third-order valence-corrected chi connectivity index (χ3v) is 4.38. The molecular formula is C19H20N6. The van der Waals surface area contributed by atoms with Crippen molar-refractivity contribution >= 4 is 11.6 Å². The number of hydrogen-bond donors (Lipinski definition) is 1. The zero-order valence-electron chi connectivity index (χ0n) is 14.1. The number of nitrogens with zero attached hydrogens (tertiary/aromatic N) is 5. The van der Waals surface area contributed by atoms with Gasteiger partial charge in [-0.25, -0.2) is 15.0 Å². The van der Waals surface area contributed by atoms with Crippen LogP contribution in [0.15, 0.2) is 55.0 Å². The van der Waals surface area contributed by atoms with E-state index in [9.17, 15) is 0 Å². The summed E-state index contributed by atoms with van der Waals surface area (Å²) in [5.41, 5.74) is 2.25. The fourth-order valence-electron chi connectivity index (χ4n) is 3.05. The second-order valence-electron chi connectivity index (χ2n) is 6.13. The van der Waals surface area contributed by atoms with Gasteiger partial charge in [0.1, 0.15) is 17.5 Å². The van der Waals surface area contributed by atoms with Crippen LogP contribution in [0.25, 0.3) is 0 Å². The highest BCUT2D eigenvalue weighted by molar-refractivity contribution is 5.46. The molecule has 1 aromatic carbocycles. The number of benzene rings is 1. The summed E-state index contributed by atoms with van der Waals surface area (Å²) in [4.78, 5) is 20.0. The second kappa shape index (κ2) is 6.84. The Labute approximate surface area is 147 Å². The largest absolute Gasteiger partial charge is 0.366 e. The van der Waals surface area contributed by atoms with Crippen LogP contribution in [0.2, 0.25) is 0 Å². The molecule has 0 bridgehead atoms. The van der Waals surface area contributed by atoms with Gasteiger partial charge < -0.3 is 10.2 Å². The van der Waals surface area contributed by atoms with Crippen LogP contribution in [0, 0.1) is 6.92 Å². The molecule has 0 amide bonds. The molecule has 0 radical (unpaired) electrons. The molecule has 4 rings (SSSR count). The number of rotatable bonds is 5. The van der Waals surface area contributed by atoms with Gasteiger partial charge in [-0.1, -0.05) is 30.3 Å². The molecule has 3 aromatic rings. The van der Waals surface area contributed by atoms with E-state index in [-0.39, 0.29) is 6.04 Å². The Bertz CT molecular complexity index is 837. The third-order valence-electron chi connectivity index (χ3n) is 4.38. The van der Waals surface area contributed by atoms with Gasteiger partial charge in [0.05, 0.1) is 17.9 Å². The Morgan fingerprint density at radius 3 is 2.76 bits per heavy atom. The van der Waals surface area contributed by atoms with Crippen molar-refractivity contribution in [2.24, 2.45) is 0 Å². The maximum atomic E-state index is 4.65. The van der Waals surface area contributed by atoms with Gasteiger partial charge in [0.2, 0.25) is 0 Å². The molecule has 0 unspecified atom stereocenters. The van der Waals surface area contributed by atoms with Crippen molar-refractivity contribution in [2.75, 3.05) is 16.8 Å². The maximum Gasteiger partial charge on any atom is 0.147 e. The van der Waals surface area contributed by atoms with Crippen LogP contribution in [-0.4, -0.2) is 26.5 Å². The van der Waals surface area contributed by atoms with Crippen molar-refractivity contribution in [3.05, 3.63) is 72.1 Å². The molecule has 1 aliphatic rings. The molecule has 0 spiro atoms. The Morgan fingerprint density at radius 1 is 1.16 bits per heavy atom. The SMILES string of the molecule is Cc1nc(NCc2ccccc2)cc([C@H]2CCN2c2cnccn2)n1. The summed E-state index contributed by atoms with van der Waals surface area (Å²) in [7, 11) is 0. The molecular weight excluding hydrogens is 312 g/mol. The van der Waals surface area contributed by atoms with Crippen molar-refractivity contribution in [3.8, 4) is 0 Å². The molecule has 2 aromatic heterocycles. The number of hydrogen-bond acceptors (Lipinski definition) is 6. The van der Waals surface area contributed by atoms with E-state index in [1.54, 1.807) is 18.6 Å². The monoisotopic (exact) mass is 332 g/mol. The minimum absolute atomic E-state index is 0.232. The van der Waals surface area contributed by atoms with E-state index in [0.29, 0.717) is 0 Å². The lowest BCUT2D eigenvalue weighted by Gasteiger charge is -2.41. The highest BCUT2D eigenvalue weighted by atomic mass is 15.3. The standard InChI is InChI=1S/C19H20N6/c1-14-23-16(17-7-10-25(17)19-13-20-8-9-21-19)11-18(24-14)22-12-15-5-3-2-4-6-15/h2-6,8-9,11,13,17H,7,10,12H2,1H3,(H,22,23,24)/t17-/m1/s1. The third kappa shape index (κ3) is 3.42. The molecule has 6 nitrogen and oxygen atoms in total. The predicted molar refractivity (Wildman–Crippen MR) is 97.3 cm³/mol. The zero-order chi connectivity index (χ0) is 17.1. The first-order valence-corrected chi connectivity index (χ1v) is 8.45. The summed E-state index contributed by atoms with van der Waals surface area (Å²) in [6.07, 6.45) is 6.28. The van der Waals surface area contributed by atoms with Crippen molar-refractivity contribution in [1.29, 1.82) is 0 Å². The van der Waals surface area contributed by atoms with Gasteiger partial charge in [0.25, 0.3) is 0 Å². The minimum Gasteiger partial charge on any atom is -0.366 e. The minimum atomic E-state index is 0.232. The topological polar surface area (TPSA) is 66.8 Å². The van der Waals surface area contributed by atoms with Crippen LogP contribution in [-0.2, 0) is 6.54 Å². The van der Waals surface area contributed by atoms with E-state index >= 15 is 0 Å². The quantitative estimate of drug-likeness (QED) is 0.774. The lowest BCUT2D eigenvalue weighted by atomic mass is 9.99. The lowest BCUT2D eigenvalue weighted by Crippen LogP contribution is -2.42. The first-order valence-electron chi connectivity index (χ1n) is 8.45. The number of aromatic nitrogens is 4. The molecule has 0 aliphatic carbocycles. The van der Waals surface area contributed by atoms with Gasteiger partial charge in [0.15, 0.2) is 0 Å². The van der Waals surface area contributed by atoms with Crippen molar-refractivity contribution in [1.82, 2.24) is 19.9 Å². The first kappa shape index (κ1) is 15.5. The average molecular weight is 332 g/mol. The Kier molecular flexibility index (Phi) is 4.24. The summed E-state index contributed by atoms with van der Waals surface area (Å²) in [6, 6.07) is 12.6. The Morgan fingerprint density at radius 2 is 2.04 bits per heavy atom. The predicted octanol–water partition coefficient (Wildman–Crippen LogP) is 3.14. The van der Waals surface area contributed by atoms with Crippen LogP contribution < -0.4 is 10.2 Å². The molecule has 6 heteroatoms. The van der Waals surface area contributed by atoms with E-state index < -0.39 is 0 Å². The molecule has 3 heterocycles. The van der Waals surface area contributed by atoms with Crippen molar-refractivity contribution in [2.45, 2.75) is 25.9 Å². The van der Waals surface area contributed by atoms with Gasteiger partial charge in [-0.05, 0) is 18.9 Å². The summed E-state index contributed by atoms with van der Waals surface area (Å²) in [5.74, 6) is 2.53. The average Bonchev–Trinajstić information content (AvgIpc) is 2.60. The summed E-state index contributed by atoms with van der Waals surface area (Å²) in [6.45, 7) is 3.65. The summed E-state index contributed by atoms with van der Waals surface area (Å²) >= 11 is 0. The van der Waals surface area contributed by atoms with Gasteiger partial charge in [-0.2, -0.15) is 0 Å². The van der Waals surface area contributed by atoms with Crippen LogP contribution >= 0.6 is 0 Å². The van der Waals surface area contributed by atoms with E-state index in [1.165, 1.54) is 5.56 Å². The molecule has 1 N–H and O–H groups in total. The second-order valence-corrected chi connectivity index (χ2v) is 6.13. The van der Waals surface area contributed by atoms with E-state index in [4.69, 9.17) is 0 Å². The highest BCUT2D eigenvalue weighted by Crippen LogP contribution is 2.35. The number of nitrogens with one attached hydrogen (secondary N) is 1. The molecule has 25 heavy (non-hydrogen) atoms. The van der Waals surface area contributed by atoms with E-state index in [2.05, 4.69) is 42.3 Å². The van der Waals surface area contributed by atoms with Crippen LogP contribution in [0.3, 0.4) is 0 Å². The zero-order valence-corrected chi connectivity index (χ0v) is 14.1. The molecule has 1 fully saturated rings. The lowest BCUT2D eigenvalue weighted by molar-refractivity contribution is 0.449. The smallest absolute Gasteiger partial charge is 0.147 e. The Balaban J connectivity index is 1.52. The normalized spacial score (nSPS) is 16.4. The molecule has 0 saturated carbocycles. The van der Waals surface area contributed by atoms with Gasteiger partial charge in [0, 0.05) is 31.5 Å².